The van der Waals surface area contributed by atoms with Gasteiger partial charge in [-0.2, -0.15) is 0 Å². The minimum Gasteiger partial charge on any atom is -0.457 e. The minimum atomic E-state index is -2.03. The number of aliphatic hydroxyl groups is 1. The Hall–Kier alpha value is -3.23. The fourth-order valence-corrected chi connectivity index (χ4v) is 8.67. The van der Waals surface area contributed by atoms with Crippen molar-refractivity contribution in [1.82, 2.24) is 0 Å². The monoisotopic (exact) mass is 576 g/mol. The number of esters is 1. The first-order valence-corrected chi connectivity index (χ1v) is 14.5. The van der Waals surface area contributed by atoms with Crippen LogP contribution < -0.4 is 4.74 Å². The van der Waals surface area contributed by atoms with E-state index in [-0.39, 0.29) is 30.1 Å². The topological polar surface area (TPSA) is 89.9 Å². The highest BCUT2D eigenvalue weighted by Gasteiger charge is 2.75. The summed E-state index contributed by atoms with van der Waals surface area (Å²) >= 11 is 4.21. The molecule has 1 unspecified atom stereocenters. The smallest absolute Gasteiger partial charge is 0.339 e. The molecular weight excluding hydrogens is 543 g/mol. The molecule has 0 radical (unpaired) electrons. The lowest BCUT2D eigenvalue weighted by Crippen LogP contribution is -2.69. The highest BCUT2D eigenvalue weighted by molar-refractivity contribution is 7.96. The molecule has 7 atom stereocenters. The molecule has 0 aromatic heterocycles. The molecule has 3 fully saturated rings. The molecule has 4 aliphatic rings. The minimum absolute atomic E-state index is 0.0846. The van der Waals surface area contributed by atoms with Gasteiger partial charge in [-0.25, -0.2) is 9.18 Å². The Labute approximate surface area is 244 Å². The van der Waals surface area contributed by atoms with E-state index < -0.39 is 45.2 Å². The third-order valence-corrected chi connectivity index (χ3v) is 10.8. The molecule has 6 nitrogen and oxygen atoms in total. The molecule has 2 aromatic carbocycles. The summed E-state index contributed by atoms with van der Waals surface area (Å²) in [5, 5.41) is 10.9. The van der Waals surface area contributed by atoms with Crippen molar-refractivity contribution < 1.29 is 33.4 Å². The van der Waals surface area contributed by atoms with E-state index in [0.29, 0.717) is 36.3 Å². The van der Waals surface area contributed by atoms with E-state index in [1.165, 1.54) is 12.2 Å². The molecule has 41 heavy (non-hydrogen) atoms. The lowest BCUT2D eigenvalue weighted by molar-refractivity contribution is -0.214. The summed E-state index contributed by atoms with van der Waals surface area (Å²) in [5.74, 6) is -0.622. The van der Waals surface area contributed by atoms with E-state index in [1.54, 1.807) is 37.3 Å². The number of aliphatic hydroxyl groups excluding tert-OH is 1. The van der Waals surface area contributed by atoms with Crippen molar-refractivity contribution in [3.05, 3.63) is 84.0 Å². The quantitative estimate of drug-likeness (QED) is 0.325. The molecule has 0 saturated heterocycles. The van der Waals surface area contributed by atoms with Crippen molar-refractivity contribution in [3.63, 3.8) is 0 Å². The molecule has 0 heterocycles. The third kappa shape index (κ3) is 3.97. The lowest BCUT2D eigenvalue weighted by atomic mass is 9.45. The second-order valence-corrected chi connectivity index (χ2v) is 12.7. The molecule has 6 rings (SSSR count). The van der Waals surface area contributed by atoms with Crippen molar-refractivity contribution in [2.24, 2.45) is 22.7 Å². The van der Waals surface area contributed by atoms with Crippen molar-refractivity contribution >= 4 is 29.5 Å². The van der Waals surface area contributed by atoms with Crippen LogP contribution in [-0.2, 0) is 14.3 Å². The maximum Gasteiger partial charge on any atom is 0.339 e. The summed E-state index contributed by atoms with van der Waals surface area (Å²) in [6.07, 6.45) is 4.50. The lowest BCUT2D eigenvalue weighted by Gasteiger charge is -2.62. The number of carbonyl (C=O) groups is 3. The molecule has 0 spiro atoms. The molecule has 0 amide bonds. The van der Waals surface area contributed by atoms with Gasteiger partial charge < -0.3 is 14.6 Å². The van der Waals surface area contributed by atoms with Gasteiger partial charge in [-0.3, -0.25) is 9.59 Å². The molecule has 8 heteroatoms. The van der Waals surface area contributed by atoms with Crippen molar-refractivity contribution in [1.29, 1.82) is 0 Å². The number of allylic oxidation sites excluding steroid dienone is 4. The number of para-hydroxylation sites is 1. The van der Waals surface area contributed by atoms with Gasteiger partial charge in [0.1, 0.15) is 11.5 Å². The third-order valence-electron chi connectivity index (χ3n) is 10.4. The highest BCUT2D eigenvalue weighted by atomic mass is 32.1. The number of halogens is 1. The zero-order valence-electron chi connectivity index (χ0n) is 23.0. The van der Waals surface area contributed by atoms with Gasteiger partial charge in [0.25, 0.3) is 0 Å². The van der Waals surface area contributed by atoms with Crippen LogP contribution in [0.1, 0.15) is 56.3 Å². The Morgan fingerprint density at radius 3 is 2.37 bits per heavy atom. The first-order valence-electron chi connectivity index (χ1n) is 14.1. The SMILES string of the molecule is C[C@]12C=CC(=O)C=C1CC[C@H]1[C@@H]3CC[C@@](OC(=O)c4ccc(Oc5ccccc5)cc4)(C(=O)S)[C@@]3(C)C[C@H](O)C12F. The van der Waals surface area contributed by atoms with E-state index in [1.807, 2.05) is 37.3 Å². The van der Waals surface area contributed by atoms with Crippen molar-refractivity contribution in [2.45, 2.75) is 63.3 Å². The van der Waals surface area contributed by atoms with Gasteiger partial charge in [-0.1, -0.05) is 36.8 Å². The van der Waals surface area contributed by atoms with Gasteiger partial charge >= 0.3 is 5.97 Å². The summed E-state index contributed by atoms with van der Waals surface area (Å²) in [6, 6.07) is 15.7. The van der Waals surface area contributed by atoms with Crippen LogP contribution in [0.5, 0.6) is 11.5 Å². The van der Waals surface area contributed by atoms with Crippen LogP contribution in [0, 0.1) is 22.7 Å². The van der Waals surface area contributed by atoms with Crippen LogP contribution in [-0.4, -0.2) is 39.3 Å². The largest absolute Gasteiger partial charge is 0.457 e. The molecule has 2 aromatic rings. The average molecular weight is 577 g/mol. The van der Waals surface area contributed by atoms with Gasteiger partial charge in [0.2, 0.25) is 5.12 Å². The van der Waals surface area contributed by atoms with Crippen LogP contribution in [0.2, 0.25) is 0 Å². The Kier molecular flexibility index (Phi) is 6.58. The number of alkyl halides is 1. The van der Waals surface area contributed by atoms with Gasteiger partial charge in [0.15, 0.2) is 17.1 Å². The first-order chi connectivity index (χ1) is 19.4. The molecule has 214 valence electrons. The van der Waals surface area contributed by atoms with Gasteiger partial charge in [-0.05, 0) is 93.5 Å². The normalized spacial score (nSPS) is 37.3. The zero-order valence-corrected chi connectivity index (χ0v) is 23.9. The summed E-state index contributed by atoms with van der Waals surface area (Å²) in [5.41, 5.74) is -4.92. The van der Waals surface area contributed by atoms with Crippen molar-refractivity contribution in [2.75, 3.05) is 0 Å². The number of hydrogen-bond acceptors (Lipinski definition) is 6. The van der Waals surface area contributed by atoms with Gasteiger partial charge in [0.05, 0.1) is 11.7 Å². The van der Waals surface area contributed by atoms with Gasteiger partial charge in [-0.15, -0.1) is 12.6 Å². The molecule has 0 bridgehead atoms. The maximum atomic E-state index is 17.4. The van der Waals surface area contributed by atoms with E-state index in [0.717, 1.165) is 0 Å². The fraction of sp³-hybridized carbons (Fsp3) is 0.424. The summed E-state index contributed by atoms with van der Waals surface area (Å²) in [4.78, 5) is 38.8. The highest BCUT2D eigenvalue weighted by Crippen LogP contribution is 2.70. The van der Waals surface area contributed by atoms with Crippen LogP contribution in [0.25, 0.3) is 0 Å². The van der Waals surface area contributed by atoms with Crippen LogP contribution in [0.4, 0.5) is 4.39 Å². The number of fused-ring (bicyclic) bond motifs is 5. The maximum absolute atomic E-state index is 17.4. The molecule has 3 saturated carbocycles. The Balaban J connectivity index is 1.29. The number of ether oxygens (including phenoxy) is 2. The Morgan fingerprint density at radius 2 is 1.68 bits per heavy atom. The molecule has 0 aliphatic heterocycles. The number of hydrogen-bond donors (Lipinski definition) is 2. The summed E-state index contributed by atoms with van der Waals surface area (Å²) in [7, 11) is 0. The standard InChI is InChI=1S/C33H33FO6S/c1-30-16-14-22(35)18-21(30)10-13-26-25-15-17-32(29(38)41,31(25,2)19-27(36)33(26,30)34)40-28(37)20-8-11-24(12-9-20)39-23-6-4-3-5-7-23/h3-9,11-12,14,16,18,25-27,36H,10,13,15,17,19H2,1-2H3,(H,38,41)/t25-,26-,27-,30-,31-,32+,33?/m0/s1. The zero-order chi connectivity index (χ0) is 29.2. The number of carbonyl (C=O) groups excluding carboxylic acids is 3. The Bertz CT molecular complexity index is 1470. The molecular formula is C33H33FO6S. The second kappa shape index (κ2) is 9.66. The van der Waals surface area contributed by atoms with Gasteiger partial charge in [0, 0.05) is 16.7 Å². The van der Waals surface area contributed by atoms with E-state index in [9.17, 15) is 19.5 Å². The van der Waals surface area contributed by atoms with Crippen LogP contribution in [0.3, 0.4) is 0 Å². The van der Waals surface area contributed by atoms with Crippen LogP contribution >= 0.6 is 12.6 Å². The van der Waals surface area contributed by atoms with E-state index in [4.69, 9.17) is 9.47 Å². The molecule has 4 aliphatic carbocycles. The summed E-state index contributed by atoms with van der Waals surface area (Å²) in [6.45, 7) is 3.57. The fourth-order valence-electron chi connectivity index (χ4n) is 8.26. The summed E-state index contributed by atoms with van der Waals surface area (Å²) < 4.78 is 29.2. The number of benzene rings is 2. The number of thiol groups is 1. The second-order valence-electron chi connectivity index (χ2n) is 12.3. The number of ketones is 1. The Morgan fingerprint density at radius 1 is 1.00 bits per heavy atom. The van der Waals surface area contributed by atoms with Crippen LogP contribution in [0.15, 0.2) is 78.4 Å². The number of rotatable bonds is 5. The van der Waals surface area contributed by atoms with Crippen molar-refractivity contribution in [3.8, 4) is 11.5 Å². The predicted octanol–water partition coefficient (Wildman–Crippen LogP) is 6.20. The van der Waals surface area contributed by atoms with E-state index >= 15 is 4.39 Å². The predicted molar refractivity (Wildman–Crippen MR) is 153 cm³/mol. The average Bonchev–Trinajstić information content (AvgIpc) is 3.23. The molecule has 1 N–H and O–H groups in total. The first kappa shape index (κ1) is 27.9. The van der Waals surface area contributed by atoms with E-state index in [2.05, 4.69) is 12.6 Å².